The molecule has 0 amide bonds. The standard InChI is InChI=1S/C11H16NO5P/c1-3-9-18(15,16-4-2)17-11-7-5-10(6-8-11)12(13)14/h5-8H,3-4,9H2,1-2H3. The Bertz CT molecular complexity index is 435. The SMILES string of the molecule is CCCP(=O)(OCC)Oc1ccc([N+](=O)[O-])cc1. The molecule has 7 heteroatoms. The van der Waals surface area contributed by atoms with E-state index in [0.29, 0.717) is 24.9 Å². The van der Waals surface area contributed by atoms with E-state index in [4.69, 9.17) is 9.05 Å². The summed E-state index contributed by atoms with van der Waals surface area (Å²) in [6.07, 6.45) is 0.988. The largest absolute Gasteiger partial charge is 0.424 e. The van der Waals surface area contributed by atoms with Crippen LogP contribution in [0.15, 0.2) is 24.3 Å². The van der Waals surface area contributed by atoms with Crippen LogP contribution in [0.25, 0.3) is 0 Å². The quantitative estimate of drug-likeness (QED) is 0.430. The number of hydrogen-bond donors (Lipinski definition) is 0. The van der Waals surface area contributed by atoms with Gasteiger partial charge in [-0.25, -0.2) is 4.57 Å². The second-order valence-electron chi connectivity index (χ2n) is 3.59. The van der Waals surface area contributed by atoms with Gasteiger partial charge in [-0.3, -0.25) is 10.1 Å². The van der Waals surface area contributed by atoms with E-state index >= 15 is 0 Å². The summed E-state index contributed by atoms with van der Waals surface area (Å²) in [5.41, 5.74) is -0.0379. The summed E-state index contributed by atoms with van der Waals surface area (Å²) in [5.74, 6) is 0.311. The monoisotopic (exact) mass is 273 g/mol. The van der Waals surface area contributed by atoms with E-state index in [2.05, 4.69) is 0 Å². The van der Waals surface area contributed by atoms with Crippen molar-refractivity contribution in [1.82, 2.24) is 0 Å². The lowest BCUT2D eigenvalue weighted by atomic mass is 10.3. The lowest BCUT2D eigenvalue weighted by molar-refractivity contribution is -0.384. The highest BCUT2D eigenvalue weighted by atomic mass is 31.2. The number of nitrogens with zero attached hydrogens (tertiary/aromatic N) is 1. The van der Waals surface area contributed by atoms with Crippen molar-refractivity contribution in [2.75, 3.05) is 12.8 Å². The molecular weight excluding hydrogens is 257 g/mol. The molecule has 0 N–H and O–H groups in total. The maximum atomic E-state index is 12.2. The van der Waals surface area contributed by atoms with Gasteiger partial charge in [0.15, 0.2) is 0 Å². The highest BCUT2D eigenvalue weighted by Crippen LogP contribution is 2.48. The van der Waals surface area contributed by atoms with Crippen LogP contribution in [0.4, 0.5) is 5.69 Å². The van der Waals surface area contributed by atoms with Gasteiger partial charge in [0.05, 0.1) is 17.7 Å². The van der Waals surface area contributed by atoms with Crippen LogP contribution < -0.4 is 4.52 Å². The van der Waals surface area contributed by atoms with Gasteiger partial charge >= 0.3 is 7.60 Å². The second kappa shape index (κ2) is 6.52. The number of nitro benzene ring substituents is 1. The zero-order chi connectivity index (χ0) is 13.6. The highest BCUT2D eigenvalue weighted by Gasteiger charge is 2.24. The third-order valence-corrected chi connectivity index (χ3v) is 4.25. The molecule has 0 aromatic heterocycles. The third-order valence-electron chi connectivity index (χ3n) is 2.12. The van der Waals surface area contributed by atoms with Crippen molar-refractivity contribution < 1.29 is 18.5 Å². The summed E-state index contributed by atoms with van der Waals surface area (Å²) in [6, 6.07) is 5.44. The van der Waals surface area contributed by atoms with Gasteiger partial charge in [0.2, 0.25) is 0 Å². The Morgan fingerprint density at radius 2 is 1.89 bits per heavy atom. The van der Waals surface area contributed by atoms with E-state index in [9.17, 15) is 14.7 Å². The first-order chi connectivity index (χ1) is 8.50. The minimum atomic E-state index is -3.15. The molecule has 18 heavy (non-hydrogen) atoms. The Morgan fingerprint density at radius 1 is 1.28 bits per heavy atom. The first-order valence-corrected chi connectivity index (χ1v) is 7.41. The number of benzene rings is 1. The third kappa shape index (κ3) is 4.13. The van der Waals surface area contributed by atoms with Crippen LogP contribution in [0.5, 0.6) is 5.75 Å². The Balaban J connectivity index is 2.81. The van der Waals surface area contributed by atoms with E-state index in [1.165, 1.54) is 24.3 Å². The van der Waals surface area contributed by atoms with Gasteiger partial charge in [0.25, 0.3) is 5.69 Å². The lowest BCUT2D eigenvalue weighted by Crippen LogP contribution is -2.02. The molecular formula is C11H16NO5P. The minimum absolute atomic E-state index is 0.0379. The lowest BCUT2D eigenvalue weighted by Gasteiger charge is -2.17. The van der Waals surface area contributed by atoms with E-state index in [0.717, 1.165) is 0 Å². The molecule has 0 aliphatic rings. The molecule has 0 saturated heterocycles. The van der Waals surface area contributed by atoms with Gasteiger partial charge in [-0.1, -0.05) is 6.92 Å². The van der Waals surface area contributed by atoms with Crippen LogP contribution in [0.1, 0.15) is 20.3 Å². The molecule has 0 fully saturated rings. The minimum Gasteiger partial charge on any atom is -0.424 e. The maximum Gasteiger partial charge on any atom is 0.379 e. The average molecular weight is 273 g/mol. The van der Waals surface area contributed by atoms with Crippen molar-refractivity contribution in [2.24, 2.45) is 0 Å². The van der Waals surface area contributed by atoms with Crippen molar-refractivity contribution in [2.45, 2.75) is 20.3 Å². The summed E-state index contributed by atoms with van der Waals surface area (Å²) in [7, 11) is -3.15. The second-order valence-corrected chi connectivity index (χ2v) is 5.70. The van der Waals surface area contributed by atoms with Crippen molar-refractivity contribution in [1.29, 1.82) is 0 Å². The Labute approximate surface area is 106 Å². The summed E-state index contributed by atoms with van der Waals surface area (Å²) in [4.78, 5) is 9.99. The average Bonchev–Trinajstić information content (AvgIpc) is 2.30. The number of rotatable bonds is 7. The summed E-state index contributed by atoms with van der Waals surface area (Å²) < 4.78 is 22.7. The van der Waals surface area contributed by atoms with Crippen molar-refractivity contribution in [3.63, 3.8) is 0 Å². The fourth-order valence-corrected chi connectivity index (χ4v) is 3.05. The van der Waals surface area contributed by atoms with E-state index in [1.807, 2.05) is 6.92 Å². The van der Waals surface area contributed by atoms with Crippen LogP contribution >= 0.6 is 7.60 Å². The fourth-order valence-electron chi connectivity index (χ4n) is 1.40. The summed E-state index contributed by atoms with van der Waals surface area (Å²) >= 11 is 0. The summed E-state index contributed by atoms with van der Waals surface area (Å²) in [6.45, 7) is 3.91. The van der Waals surface area contributed by atoms with Gasteiger partial charge in [0.1, 0.15) is 5.75 Å². The zero-order valence-electron chi connectivity index (χ0n) is 10.4. The number of non-ortho nitro benzene ring substituents is 1. The zero-order valence-corrected chi connectivity index (χ0v) is 11.3. The molecule has 0 radical (unpaired) electrons. The van der Waals surface area contributed by atoms with Crippen molar-refractivity contribution >= 4 is 13.3 Å². The predicted molar refractivity (Wildman–Crippen MR) is 68.1 cm³/mol. The molecule has 1 unspecified atom stereocenters. The summed E-state index contributed by atoms with van der Waals surface area (Å²) in [5, 5.41) is 10.5. The van der Waals surface area contributed by atoms with Crippen LogP contribution in [-0.4, -0.2) is 17.7 Å². The maximum absolute atomic E-state index is 12.2. The number of hydrogen-bond acceptors (Lipinski definition) is 5. The Hall–Kier alpha value is -1.39. The van der Waals surface area contributed by atoms with Gasteiger partial charge in [-0.05, 0) is 25.5 Å². The Morgan fingerprint density at radius 3 is 2.33 bits per heavy atom. The van der Waals surface area contributed by atoms with Crippen molar-refractivity contribution in [3.05, 3.63) is 34.4 Å². The van der Waals surface area contributed by atoms with Gasteiger partial charge < -0.3 is 9.05 Å². The molecule has 0 saturated carbocycles. The highest BCUT2D eigenvalue weighted by molar-refractivity contribution is 7.54. The van der Waals surface area contributed by atoms with Gasteiger partial charge in [-0.2, -0.15) is 0 Å². The van der Waals surface area contributed by atoms with E-state index in [1.54, 1.807) is 6.92 Å². The molecule has 1 aromatic rings. The fraction of sp³-hybridized carbons (Fsp3) is 0.455. The van der Waals surface area contributed by atoms with Crippen LogP contribution in [0.3, 0.4) is 0 Å². The van der Waals surface area contributed by atoms with Gasteiger partial charge in [0, 0.05) is 12.1 Å². The smallest absolute Gasteiger partial charge is 0.379 e. The normalized spacial score (nSPS) is 13.9. The number of nitro groups is 1. The van der Waals surface area contributed by atoms with Crippen LogP contribution in [0.2, 0.25) is 0 Å². The first kappa shape index (κ1) is 14.7. The molecule has 0 bridgehead atoms. The molecule has 0 aliphatic heterocycles. The van der Waals surface area contributed by atoms with Gasteiger partial charge in [-0.15, -0.1) is 0 Å². The molecule has 0 heterocycles. The molecule has 1 atom stereocenters. The molecule has 1 rings (SSSR count). The topological polar surface area (TPSA) is 78.7 Å². The van der Waals surface area contributed by atoms with Crippen LogP contribution in [0, 0.1) is 10.1 Å². The predicted octanol–water partition coefficient (Wildman–Crippen LogP) is 3.61. The molecule has 100 valence electrons. The molecule has 6 nitrogen and oxygen atoms in total. The van der Waals surface area contributed by atoms with E-state index in [-0.39, 0.29) is 5.69 Å². The first-order valence-electron chi connectivity index (χ1n) is 5.68. The van der Waals surface area contributed by atoms with Crippen LogP contribution in [-0.2, 0) is 9.09 Å². The van der Waals surface area contributed by atoms with E-state index < -0.39 is 12.5 Å². The molecule has 0 aliphatic carbocycles. The van der Waals surface area contributed by atoms with Crippen molar-refractivity contribution in [3.8, 4) is 5.75 Å². The Kier molecular flexibility index (Phi) is 5.31. The molecule has 1 aromatic carbocycles. The molecule has 0 spiro atoms.